The van der Waals surface area contributed by atoms with E-state index in [4.69, 9.17) is 19.0 Å². The third kappa shape index (κ3) is 8.32. The van der Waals surface area contributed by atoms with Crippen molar-refractivity contribution in [2.24, 2.45) is 5.16 Å². The second-order valence-electron chi connectivity index (χ2n) is 7.27. The van der Waals surface area contributed by atoms with Crippen LogP contribution in [0.5, 0.6) is 17.4 Å². The van der Waals surface area contributed by atoms with Gasteiger partial charge in [-0.1, -0.05) is 17.3 Å². The number of benzene rings is 1. The first-order chi connectivity index (χ1) is 15.0. The minimum atomic E-state index is 0.582. The minimum absolute atomic E-state index is 0.582. The number of nitrogens with zero attached hydrogens (tertiary/aromatic N) is 2. The largest absolute Gasteiger partial charge is 0.493 e. The molecular formula is C25H34N2O4. The van der Waals surface area contributed by atoms with Crippen molar-refractivity contribution in [1.82, 2.24) is 4.98 Å². The minimum Gasteiger partial charge on any atom is -0.493 e. The van der Waals surface area contributed by atoms with E-state index in [1.807, 2.05) is 50.3 Å². The van der Waals surface area contributed by atoms with E-state index in [1.165, 1.54) is 7.11 Å². The molecule has 1 aromatic carbocycles. The fourth-order valence-corrected chi connectivity index (χ4v) is 3.06. The van der Waals surface area contributed by atoms with E-state index in [-0.39, 0.29) is 0 Å². The summed E-state index contributed by atoms with van der Waals surface area (Å²) in [6, 6.07) is 7.83. The molecule has 0 unspecified atom stereocenters. The van der Waals surface area contributed by atoms with Crippen molar-refractivity contribution >= 4 is 5.71 Å². The van der Waals surface area contributed by atoms with Crippen LogP contribution < -0.4 is 14.2 Å². The molecule has 6 nitrogen and oxygen atoms in total. The molecule has 0 bridgehead atoms. The Balaban J connectivity index is 1.67. The number of pyridine rings is 1. The van der Waals surface area contributed by atoms with Gasteiger partial charge >= 0.3 is 0 Å². The topological polar surface area (TPSA) is 62.2 Å². The van der Waals surface area contributed by atoms with E-state index >= 15 is 0 Å². The fraction of sp³-hybridized carbons (Fsp3) is 0.440. The summed E-state index contributed by atoms with van der Waals surface area (Å²) < 4.78 is 17.5. The van der Waals surface area contributed by atoms with Gasteiger partial charge in [-0.3, -0.25) is 0 Å². The lowest BCUT2D eigenvalue weighted by Crippen LogP contribution is -2.04. The van der Waals surface area contributed by atoms with Crippen LogP contribution in [0, 0.1) is 13.8 Å². The summed E-state index contributed by atoms with van der Waals surface area (Å²) in [6.07, 6.45) is 8.66. The number of ether oxygens (including phenoxy) is 3. The number of aromatic nitrogens is 1. The van der Waals surface area contributed by atoms with Crippen LogP contribution in [0.1, 0.15) is 49.8 Å². The molecule has 0 aliphatic rings. The van der Waals surface area contributed by atoms with Crippen LogP contribution in [0.15, 0.2) is 47.8 Å². The summed E-state index contributed by atoms with van der Waals surface area (Å²) in [5.74, 6) is 2.44. The summed E-state index contributed by atoms with van der Waals surface area (Å²) in [4.78, 5) is 9.08. The third-order valence-electron chi connectivity index (χ3n) is 4.68. The molecule has 31 heavy (non-hydrogen) atoms. The maximum Gasteiger partial charge on any atom is 0.213 e. The third-order valence-corrected chi connectivity index (χ3v) is 4.68. The molecule has 1 heterocycles. The van der Waals surface area contributed by atoms with Crippen LogP contribution in [0.25, 0.3) is 0 Å². The molecule has 0 aliphatic heterocycles. The molecule has 0 atom stereocenters. The van der Waals surface area contributed by atoms with E-state index in [0.29, 0.717) is 25.7 Å². The van der Waals surface area contributed by atoms with Crippen molar-refractivity contribution in [3.63, 3.8) is 0 Å². The number of hydrogen-bond donors (Lipinski definition) is 0. The number of allylic oxidation sites excluding steroid dienone is 1. The summed E-state index contributed by atoms with van der Waals surface area (Å²) in [6.45, 7) is 9.87. The summed E-state index contributed by atoms with van der Waals surface area (Å²) in [5, 5.41) is 3.90. The molecule has 0 aliphatic carbocycles. The summed E-state index contributed by atoms with van der Waals surface area (Å²) >= 11 is 0. The average molecular weight is 427 g/mol. The molecule has 2 rings (SSSR count). The first-order valence-corrected chi connectivity index (χ1v) is 10.7. The van der Waals surface area contributed by atoms with Gasteiger partial charge in [-0.2, -0.15) is 0 Å². The highest BCUT2D eigenvalue weighted by molar-refractivity contribution is 5.98. The Morgan fingerprint density at radius 2 is 1.71 bits per heavy atom. The zero-order chi connectivity index (χ0) is 22.5. The molecule has 0 amide bonds. The van der Waals surface area contributed by atoms with Gasteiger partial charge < -0.3 is 19.0 Å². The van der Waals surface area contributed by atoms with Crippen LogP contribution in [0.3, 0.4) is 0 Å². The SMILES string of the molecule is C/C=C/COc1cc(C)c(OCCCCCOc2ccc(C(C)=NOC)cn2)c(C)c1. The lowest BCUT2D eigenvalue weighted by Gasteiger charge is -2.14. The van der Waals surface area contributed by atoms with Crippen molar-refractivity contribution in [1.29, 1.82) is 0 Å². The van der Waals surface area contributed by atoms with Gasteiger partial charge in [0.15, 0.2) is 0 Å². The molecule has 2 aromatic rings. The van der Waals surface area contributed by atoms with Crippen molar-refractivity contribution in [2.75, 3.05) is 26.9 Å². The standard InChI is InChI=1S/C25H34N2O4/c1-6-7-13-29-23-16-19(2)25(20(3)17-23)31-15-10-8-9-14-30-24-12-11-22(18-26-24)21(4)27-28-5/h6-7,11-12,16-18H,8-10,13-15H2,1-5H3/b7-6+,27-21?. The highest BCUT2D eigenvalue weighted by Gasteiger charge is 2.07. The predicted octanol–water partition coefficient (Wildman–Crippen LogP) is 5.65. The van der Waals surface area contributed by atoms with E-state index in [9.17, 15) is 0 Å². The van der Waals surface area contributed by atoms with E-state index < -0.39 is 0 Å². The molecule has 0 saturated carbocycles. The summed E-state index contributed by atoms with van der Waals surface area (Å²) in [7, 11) is 1.53. The second kappa shape index (κ2) is 13.3. The van der Waals surface area contributed by atoms with E-state index in [1.54, 1.807) is 6.20 Å². The first kappa shape index (κ1) is 24.3. The Kier molecular flexibility index (Phi) is 10.4. The van der Waals surface area contributed by atoms with Gasteiger partial charge in [0.05, 0.1) is 18.9 Å². The highest BCUT2D eigenvalue weighted by Crippen LogP contribution is 2.28. The normalized spacial score (nSPS) is 11.6. The second-order valence-corrected chi connectivity index (χ2v) is 7.27. The van der Waals surface area contributed by atoms with Crippen LogP contribution in [0.4, 0.5) is 0 Å². The summed E-state index contributed by atoms with van der Waals surface area (Å²) in [5.41, 5.74) is 3.88. The Labute approximate surface area is 185 Å². The molecule has 0 radical (unpaired) electrons. The Bertz CT molecular complexity index is 837. The van der Waals surface area contributed by atoms with Crippen molar-refractivity contribution in [3.8, 4) is 17.4 Å². The van der Waals surface area contributed by atoms with Crippen LogP contribution in [0.2, 0.25) is 0 Å². The molecule has 0 saturated heterocycles. The zero-order valence-corrected chi connectivity index (χ0v) is 19.3. The maximum absolute atomic E-state index is 6.02. The smallest absolute Gasteiger partial charge is 0.213 e. The molecule has 0 N–H and O–H groups in total. The first-order valence-electron chi connectivity index (χ1n) is 10.7. The van der Waals surface area contributed by atoms with Gasteiger partial charge in [-0.15, -0.1) is 0 Å². The number of oxime groups is 1. The molecule has 0 fully saturated rings. The predicted molar refractivity (Wildman–Crippen MR) is 125 cm³/mol. The zero-order valence-electron chi connectivity index (χ0n) is 19.3. The van der Waals surface area contributed by atoms with Gasteiger partial charge in [0.1, 0.15) is 25.2 Å². The number of aryl methyl sites for hydroxylation is 2. The van der Waals surface area contributed by atoms with E-state index in [2.05, 4.69) is 24.0 Å². The highest BCUT2D eigenvalue weighted by atomic mass is 16.6. The van der Waals surface area contributed by atoms with Gasteiger partial charge in [0, 0.05) is 17.8 Å². The van der Waals surface area contributed by atoms with Crippen LogP contribution >= 0.6 is 0 Å². The average Bonchev–Trinajstić information content (AvgIpc) is 2.75. The van der Waals surface area contributed by atoms with Gasteiger partial charge in [0.2, 0.25) is 5.88 Å². The lowest BCUT2D eigenvalue weighted by molar-refractivity contribution is 0.213. The quantitative estimate of drug-likeness (QED) is 0.179. The van der Waals surface area contributed by atoms with Gasteiger partial charge in [-0.05, 0) is 76.3 Å². The number of unbranched alkanes of at least 4 members (excludes halogenated alkanes) is 2. The Hall–Kier alpha value is -3.02. The maximum atomic E-state index is 6.02. The Morgan fingerprint density at radius 3 is 2.32 bits per heavy atom. The molecule has 168 valence electrons. The van der Waals surface area contributed by atoms with Crippen LogP contribution in [-0.2, 0) is 4.84 Å². The number of rotatable bonds is 13. The van der Waals surface area contributed by atoms with Gasteiger partial charge in [-0.25, -0.2) is 4.98 Å². The monoisotopic (exact) mass is 426 g/mol. The molecule has 6 heteroatoms. The van der Waals surface area contributed by atoms with Crippen molar-refractivity contribution < 1.29 is 19.0 Å². The van der Waals surface area contributed by atoms with Crippen LogP contribution in [-0.4, -0.2) is 37.6 Å². The van der Waals surface area contributed by atoms with Crippen molar-refractivity contribution in [3.05, 3.63) is 59.3 Å². The Morgan fingerprint density at radius 1 is 1.00 bits per heavy atom. The molecule has 0 spiro atoms. The number of hydrogen-bond acceptors (Lipinski definition) is 6. The lowest BCUT2D eigenvalue weighted by atomic mass is 10.1. The molecular weight excluding hydrogens is 392 g/mol. The van der Waals surface area contributed by atoms with Gasteiger partial charge in [0.25, 0.3) is 0 Å². The molecule has 1 aromatic heterocycles. The fourth-order valence-electron chi connectivity index (χ4n) is 3.06. The van der Waals surface area contributed by atoms with E-state index in [0.717, 1.165) is 53.2 Å². The van der Waals surface area contributed by atoms with Crippen molar-refractivity contribution in [2.45, 2.75) is 47.0 Å².